The topological polar surface area (TPSA) is 37.4 Å². The van der Waals surface area contributed by atoms with Crippen LogP contribution in [0.3, 0.4) is 0 Å². The van der Waals surface area contributed by atoms with Gasteiger partial charge in [0.1, 0.15) is 0 Å². The maximum Gasteiger partial charge on any atom is 0.0637 e. The molecule has 1 heterocycles. The lowest BCUT2D eigenvalue weighted by molar-refractivity contribution is 0.205. The average molecular weight is 221 g/mol. The van der Waals surface area contributed by atoms with Crippen LogP contribution >= 0.6 is 0 Å². The lowest BCUT2D eigenvalue weighted by Gasteiger charge is -2.24. The molecule has 1 aliphatic rings. The minimum atomic E-state index is 0.684. The highest BCUT2D eigenvalue weighted by Crippen LogP contribution is 2.31. The van der Waals surface area contributed by atoms with Gasteiger partial charge in [0.05, 0.1) is 30.4 Å². The van der Waals surface area contributed by atoms with Crippen molar-refractivity contribution in [3.8, 4) is 0 Å². The fourth-order valence-electron chi connectivity index (χ4n) is 1.82. The molecular formula is C12H19N3O. The van der Waals surface area contributed by atoms with Gasteiger partial charge in [-0.25, -0.2) is 0 Å². The number of ether oxygens (including phenoxy) is 1. The van der Waals surface area contributed by atoms with E-state index in [1.807, 2.05) is 19.4 Å². The Morgan fingerprint density at radius 1 is 1.50 bits per heavy atom. The van der Waals surface area contributed by atoms with Crippen LogP contribution in [0.2, 0.25) is 0 Å². The van der Waals surface area contributed by atoms with Crippen LogP contribution in [0.1, 0.15) is 12.8 Å². The molecule has 0 bridgehead atoms. The minimum Gasteiger partial charge on any atom is -0.387 e. The van der Waals surface area contributed by atoms with E-state index in [9.17, 15) is 0 Å². The smallest absolute Gasteiger partial charge is 0.0637 e. The Bertz CT molecular complexity index is 339. The van der Waals surface area contributed by atoms with Crippen molar-refractivity contribution in [3.05, 3.63) is 18.5 Å². The van der Waals surface area contributed by atoms with E-state index in [-0.39, 0.29) is 0 Å². The Kier molecular flexibility index (Phi) is 3.62. The number of nitrogens with one attached hydrogen (secondary N) is 1. The molecule has 0 unspecified atom stereocenters. The number of methoxy groups -OCH3 is 1. The van der Waals surface area contributed by atoms with Crippen LogP contribution in [0.15, 0.2) is 18.5 Å². The largest absolute Gasteiger partial charge is 0.387 e. The summed E-state index contributed by atoms with van der Waals surface area (Å²) in [5.74, 6) is 0. The first-order chi connectivity index (χ1) is 7.85. The van der Waals surface area contributed by atoms with Crippen molar-refractivity contribution in [2.24, 2.45) is 0 Å². The van der Waals surface area contributed by atoms with Crippen LogP contribution in [0.5, 0.6) is 0 Å². The molecule has 1 aliphatic carbocycles. The van der Waals surface area contributed by atoms with Crippen LogP contribution in [0.4, 0.5) is 11.4 Å². The van der Waals surface area contributed by atoms with E-state index in [2.05, 4.69) is 21.3 Å². The van der Waals surface area contributed by atoms with E-state index in [4.69, 9.17) is 4.74 Å². The molecule has 4 heteroatoms. The summed E-state index contributed by atoms with van der Waals surface area (Å²) >= 11 is 0. The van der Waals surface area contributed by atoms with Crippen molar-refractivity contribution < 1.29 is 4.74 Å². The molecule has 0 atom stereocenters. The number of anilines is 2. The summed E-state index contributed by atoms with van der Waals surface area (Å²) in [5, 5.41) is 3.12. The Hall–Kier alpha value is -1.29. The second kappa shape index (κ2) is 5.16. The zero-order chi connectivity index (χ0) is 11.4. The first-order valence-electron chi connectivity index (χ1n) is 5.73. The van der Waals surface area contributed by atoms with Crippen LogP contribution in [0.25, 0.3) is 0 Å². The second-order valence-electron chi connectivity index (χ2n) is 4.10. The molecule has 0 aromatic carbocycles. The van der Waals surface area contributed by atoms with E-state index in [1.54, 1.807) is 7.11 Å². The third-order valence-electron chi connectivity index (χ3n) is 2.87. The molecule has 0 saturated heterocycles. The summed E-state index contributed by atoms with van der Waals surface area (Å²) in [4.78, 5) is 6.64. The summed E-state index contributed by atoms with van der Waals surface area (Å²) in [6.07, 6.45) is 6.33. The van der Waals surface area contributed by atoms with Crippen molar-refractivity contribution in [2.75, 3.05) is 37.5 Å². The van der Waals surface area contributed by atoms with Gasteiger partial charge >= 0.3 is 0 Å². The average Bonchev–Trinajstić information content (AvgIpc) is 3.14. The zero-order valence-electron chi connectivity index (χ0n) is 9.94. The van der Waals surface area contributed by atoms with Crippen molar-refractivity contribution in [1.29, 1.82) is 0 Å². The fourth-order valence-corrected chi connectivity index (χ4v) is 1.82. The lowest BCUT2D eigenvalue weighted by atomic mass is 10.3. The number of aromatic nitrogens is 1. The summed E-state index contributed by atoms with van der Waals surface area (Å²) in [6.45, 7) is 1.70. The molecule has 88 valence electrons. The Balaban J connectivity index is 2.10. The fraction of sp³-hybridized carbons (Fsp3) is 0.583. The number of hydrogen-bond donors (Lipinski definition) is 1. The summed E-state index contributed by atoms with van der Waals surface area (Å²) < 4.78 is 5.15. The van der Waals surface area contributed by atoms with Gasteiger partial charge in [-0.1, -0.05) is 0 Å². The van der Waals surface area contributed by atoms with Gasteiger partial charge in [-0.05, 0) is 18.9 Å². The maximum absolute atomic E-state index is 5.15. The predicted molar refractivity (Wildman–Crippen MR) is 66.0 cm³/mol. The summed E-state index contributed by atoms with van der Waals surface area (Å²) in [5.41, 5.74) is 2.24. The Morgan fingerprint density at radius 2 is 2.31 bits per heavy atom. The van der Waals surface area contributed by atoms with Crippen LogP contribution < -0.4 is 10.2 Å². The van der Waals surface area contributed by atoms with Gasteiger partial charge in [0.15, 0.2) is 0 Å². The predicted octanol–water partition coefficient (Wildman–Crippen LogP) is 1.74. The van der Waals surface area contributed by atoms with Crippen molar-refractivity contribution >= 4 is 11.4 Å². The molecule has 1 N–H and O–H groups in total. The number of hydrogen-bond acceptors (Lipinski definition) is 4. The normalized spacial score (nSPS) is 14.9. The lowest BCUT2D eigenvalue weighted by Crippen LogP contribution is -2.29. The molecule has 4 nitrogen and oxygen atoms in total. The van der Waals surface area contributed by atoms with E-state index >= 15 is 0 Å². The van der Waals surface area contributed by atoms with Crippen LogP contribution in [-0.4, -0.2) is 38.3 Å². The standard InChI is InChI=1S/C12H19N3O/c1-13-10-7-12(9-14-8-10)15(5-6-16-2)11-3-4-11/h7-9,11,13H,3-6H2,1-2H3. The first kappa shape index (κ1) is 11.2. The van der Waals surface area contributed by atoms with Gasteiger partial charge in [-0.15, -0.1) is 0 Å². The van der Waals surface area contributed by atoms with Crippen molar-refractivity contribution in [1.82, 2.24) is 4.98 Å². The minimum absolute atomic E-state index is 0.684. The SMILES string of the molecule is CNc1cncc(N(CCOC)C2CC2)c1. The second-order valence-corrected chi connectivity index (χ2v) is 4.10. The van der Waals surface area contributed by atoms with Crippen LogP contribution in [0, 0.1) is 0 Å². The summed E-state index contributed by atoms with van der Waals surface area (Å²) in [7, 11) is 3.66. The van der Waals surface area contributed by atoms with Gasteiger partial charge in [0.2, 0.25) is 0 Å². The highest BCUT2D eigenvalue weighted by molar-refractivity contribution is 5.56. The number of pyridine rings is 1. The van der Waals surface area contributed by atoms with Crippen LogP contribution in [-0.2, 0) is 4.74 Å². The van der Waals surface area contributed by atoms with E-state index in [0.29, 0.717) is 6.04 Å². The number of nitrogens with zero attached hydrogens (tertiary/aromatic N) is 2. The first-order valence-corrected chi connectivity index (χ1v) is 5.73. The molecule has 1 saturated carbocycles. The van der Waals surface area contributed by atoms with Crippen molar-refractivity contribution in [2.45, 2.75) is 18.9 Å². The molecule has 2 rings (SSSR count). The molecule has 1 aromatic rings. The zero-order valence-corrected chi connectivity index (χ0v) is 9.94. The van der Waals surface area contributed by atoms with Gasteiger partial charge in [-0.3, -0.25) is 4.98 Å². The molecule has 0 aliphatic heterocycles. The number of rotatable bonds is 6. The van der Waals surface area contributed by atoms with Crippen molar-refractivity contribution in [3.63, 3.8) is 0 Å². The maximum atomic E-state index is 5.15. The van der Waals surface area contributed by atoms with E-state index in [0.717, 1.165) is 18.8 Å². The van der Waals surface area contributed by atoms with Gasteiger partial charge in [-0.2, -0.15) is 0 Å². The van der Waals surface area contributed by atoms with Gasteiger partial charge < -0.3 is 15.0 Å². The molecule has 0 spiro atoms. The van der Waals surface area contributed by atoms with E-state index in [1.165, 1.54) is 18.5 Å². The highest BCUT2D eigenvalue weighted by Gasteiger charge is 2.29. The highest BCUT2D eigenvalue weighted by atomic mass is 16.5. The monoisotopic (exact) mass is 221 g/mol. The third-order valence-corrected chi connectivity index (χ3v) is 2.87. The Labute approximate surface area is 96.6 Å². The quantitative estimate of drug-likeness (QED) is 0.794. The van der Waals surface area contributed by atoms with E-state index < -0.39 is 0 Å². The Morgan fingerprint density at radius 3 is 2.94 bits per heavy atom. The molecule has 1 aromatic heterocycles. The third kappa shape index (κ3) is 2.64. The molecule has 0 radical (unpaired) electrons. The molecule has 16 heavy (non-hydrogen) atoms. The molecular weight excluding hydrogens is 202 g/mol. The molecule has 1 fully saturated rings. The van der Waals surface area contributed by atoms with Gasteiger partial charge in [0.25, 0.3) is 0 Å². The van der Waals surface area contributed by atoms with Gasteiger partial charge in [0, 0.05) is 26.7 Å². The summed E-state index contributed by atoms with van der Waals surface area (Å²) in [6, 6.07) is 2.82. The molecule has 0 amide bonds.